The van der Waals surface area contributed by atoms with E-state index in [0.29, 0.717) is 17.8 Å². The lowest BCUT2D eigenvalue weighted by molar-refractivity contribution is -0.140. The van der Waals surface area contributed by atoms with Crippen LogP contribution in [0, 0.1) is 6.92 Å². The standard InChI is InChI=1S/C19H24F3N3O/c1-12-9-15(7-8-24(12)14(3)26)23-17-5-4-6-18-16(17)10-13(2)25(18)11-19(20,21)22/h4-6,10,12,15,23H,7-9,11H2,1-3H3. The summed E-state index contributed by atoms with van der Waals surface area (Å²) in [6, 6.07) is 7.55. The van der Waals surface area contributed by atoms with Crippen LogP contribution >= 0.6 is 0 Å². The first-order chi connectivity index (χ1) is 12.2. The van der Waals surface area contributed by atoms with Crippen LogP contribution in [-0.2, 0) is 11.3 Å². The first-order valence-corrected chi connectivity index (χ1v) is 8.85. The number of amides is 1. The molecule has 4 nitrogen and oxygen atoms in total. The van der Waals surface area contributed by atoms with Gasteiger partial charge in [-0.3, -0.25) is 4.79 Å². The van der Waals surface area contributed by atoms with E-state index in [-0.39, 0.29) is 18.0 Å². The van der Waals surface area contributed by atoms with Crippen molar-refractivity contribution in [2.75, 3.05) is 11.9 Å². The minimum absolute atomic E-state index is 0.0814. The van der Waals surface area contributed by atoms with E-state index in [1.54, 1.807) is 32.0 Å². The fraction of sp³-hybridized carbons (Fsp3) is 0.526. The van der Waals surface area contributed by atoms with Gasteiger partial charge in [-0.2, -0.15) is 13.2 Å². The van der Waals surface area contributed by atoms with Gasteiger partial charge in [-0.15, -0.1) is 0 Å². The zero-order valence-electron chi connectivity index (χ0n) is 15.2. The highest BCUT2D eigenvalue weighted by Gasteiger charge is 2.30. The number of likely N-dealkylation sites (tertiary alicyclic amines) is 1. The van der Waals surface area contributed by atoms with Gasteiger partial charge < -0.3 is 14.8 Å². The minimum atomic E-state index is -4.25. The number of piperidine rings is 1. The summed E-state index contributed by atoms with van der Waals surface area (Å²) in [5.41, 5.74) is 2.02. The van der Waals surface area contributed by atoms with E-state index in [1.807, 2.05) is 17.9 Å². The number of carbonyl (C=O) groups is 1. The molecule has 2 unspecified atom stereocenters. The summed E-state index contributed by atoms with van der Waals surface area (Å²) in [7, 11) is 0. The lowest BCUT2D eigenvalue weighted by Gasteiger charge is -2.37. The van der Waals surface area contributed by atoms with Crippen LogP contribution < -0.4 is 5.32 Å². The van der Waals surface area contributed by atoms with Crippen molar-refractivity contribution in [1.29, 1.82) is 0 Å². The highest BCUT2D eigenvalue weighted by Crippen LogP contribution is 2.31. The third kappa shape index (κ3) is 3.81. The van der Waals surface area contributed by atoms with Crippen LogP contribution in [0.3, 0.4) is 0 Å². The number of fused-ring (bicyclic) bond motifs is 1. The molecule has 0 radical (unpaired) electrons. The van der Waals surface area contributed by atoms with Gasteiger partial charge in [-0.1, -0.05) is 6.07 Å². The summed E-state index contributed by atoms with van der Waals surface area (Å²) in [4.78, 5) is 13.5. The number of hydrogen-bond acceptors (Lipinski definition) is 2. The fourth-order valence-electron chi connectivity index (χ4n) is 3.92. The third-order valence-electron chi connectivity index (χ3n) is 5.13. The first-order valence-electron chi connectivity index (χ1n) is 8.85. The Balaban J connectivity index is 1.83. The lowest BCUT2D eigenvalue weighted by atomic mass is 9.97. The molecule has 0 saturated carbocycles. The minimum Gasteiger partial charge on any atom is -0.382 e. The van der Waals surface area contributed by atoms with Gasteiger partial charge in [0.25, 0.3) is 0 Å². The number of aryl methyl sites for hydroxylation is 1. The van der Waals surface area contributed by atoms with Gasteiger partial charge in [-0.25, -0.2) is 0 Å². The molecule has 2 aromatic rings. The largest absolute Gasteiger partial charge is 0.406 e. The summed E-state index contributed by atoms with van der Waals surface area (Å²) < 4.78 is 39.9. The molecule has 1 fully saturated rings. The normalized spacial score (nSPS) is 21.2. The van der Waals surface area contributed by atoms with E-state index in [1.165, 1.54) is 4.57 Å². The van der Waals surface area contributed by atoms with E-state index < -0.39 is 12.7 Å². The maximum atomic E-state index is 12.9. The number of aromatic nitrogens is 1. The lowest BCUT2D eigenvalue weighted by Crippen LogP contribution is -2.47. The Morgan fingerprint density at radius 2 is 2.08 bits per heavy atom. The van der Waals surface area contributed by atoms with Crippen LogP contribution in [0.25, 0.3) is 10.9 Å². The van der Waals surface area contributed by atoms with Crippen molar-refractivity contribution in [3.63, 3.8) is 0 Å². The van der Waals surface area contributed by atoms with Crippen molar-refractivity contribution < 1.29 is 18.0 Å². The van der Waals surface area contributed by atoms with E-state index >= 15 is 0 Å². The fourth-order valence-corrected chi connectivity index (χ4v) is 3.92. The summed E-state index contributed by atoms with van der Waals surface area (Å²) in [6.45, 7) is 5.01. The molecule has 1 amide bonds. The molecule has 7 heteroatoms. The molecule has 1 N–H and O–H groups in total. The predicted octanol–water partition coefficient (Wildman–Crippen LogP) is 4.32. The predicted molar refractivity (Wildman–Crippen MR) is 96.2 cm³/mol. The van der Waals surface area contributed by atoms with Crippen molar-refractivity contribution in [2.45, 2.75) is 58.4 Å². The Kier molecular flexibility index (Phi) is 4.90. The van der Waals surface area contributed by atoms with Crippen molar-refractivity contribution in [3.05, 3.63) is 30.0 Å². The molecule has 0 aliphatic carbocycles. The molecular weight excluding hydrogens is 343 g/mol. The van der Waals surface area contributed by atoms with E-state index in [2.05, 4.69) is 5.32 Å². The Labute approximate surface area is 151 Å². The number of nitrogens with zero attached hydrogens (tertiary/aromatic N) is 2. The molecule has 1 aliphatic heterocycles. The van der Waals surface area contributed by atoms with Crippen LogP contribution in [-0.4, -0.2) is 40.2 Å². The average molecular weight is 367 g/mol. The van der Waals surface area contributed by atoms with Crippen LogP contribution in [0.5, 0.6) is 0 Å². The summed E-state index contributed by atoms with van der Waals surface area (Å²) in [6.07, 6.45) is -2.62. The molecular formula is C19H24F3N3O. The van der Waals surface area contributed by atoms with E-state index in [0.717, 1.165) is 23.9 Å². The molecule has 0 bridgehead atoms. The van der Waals surface area contributed by atoms with Crippen LogP contribution in [0.15, 0.2) is 24.3 Å². The number of hydrogen-bond donors (Lipinski definition) is 1. The van der Waals surface area contributed by atoms with Crippen LogP contribution in [0.2, 0.25) is 0 Å². The number of benzene rings is 1. The van der Waals surface area contributed by atoms with Gasteiger partial charge >= 0.3 is 6.18 Å². The quantitative estimate of drug-likeness (QED) is 0.877. The number of rotatable bonds is 3. The molecule has 2 heterocycles. The maximum absolute atomic E-state index is 12.9. The molecule has 3 rings (SSSR count). The zero-order chi connectivity index (χ0) is 19.1. The number of nitrogens with one attached hydrogen (secondary N) is 1. The van der Waals surface area contributed by atoms with Gasteiger partial charge in [0.15, 0.2) is 0 Å². The van der Waals surface area contributed by atoms with Crippen LogP contribution in [0.1, 0.15) is 32.4 Å². The summed E-state index contributed by atoms with van der Waals surface area (Å²) in [5.74, 6) is 0.0814. The van der Waals surface area contributed by atoms with Crippen LogP contribution in [0.4, 0.5) is 18.9 Å². The van der Waals surface area contributed by atoms with Crippen molar-refractivity contribution >= 4 is 22.5 Å². The number of anilines is 1. The number of halogens is 3. The van der Waals surface area contributed by atoms with E-state index in [4.69, 9.17) is 0 Å². The zero-order valence-corrected chi connectivity index (χ0v) is 15.2. The van der Waals surface area contributed by atoms with E-state index in [9.17, 15) is 18.0 Å². The van der Waals surface area contributed by atoms with Gasteiger partial charge in [0.2, 0.25) is 5.91 Å². The number of carbonyl (C=O) groups excluding carboxylic acids is 1. The Morgan fingerprint density at radius 3 is 2.69 bits per heavy atom. The Hall–Kier alpha value is -2.18. The number of alkyl halides is 3. The molecule has 26 heavy (non-hydrogen) atoms. The highest BCUT2D eigenvalue weighted by molar-refractivity contribution is 5.93. The SMILES string of the molecule is CC(=O)N1CCC(Nc2cccc3c2cc(C)n3CC(F)(F)F)CC1C. The summed E-state index contributed by atoms with van der Waals surface area (Å²) >= 11 is 0. The molecule has 1 aliphatic rings. The van der Waals surface area contributed by atoms with Gasteiger partial charge in [0, 0.05) is 42.3 Å². The van der Waals surface area contributed by atoms with Gasteiger partial charge in [0.1, 0.15) is 6.54 Å². The Bertz CT molecular complexity index is 812. The molecule has 1 aromatic carbocycles. The molecule has 142 valence electrons. The molecule has 0 spiro atoms. The topological polar surface area (TPSA) is 37.3 Å². The third-order valence-corrected chi connectivity index (χ3v) is 5.13. The smallest absolute Gasteiger partial charge is 0.382 e. The highest BCUT2D eigenvalue weighted by atomic mass is 19.4. The van der Waals surface area contributed by atoms with Crippen molar-refractivity contribution in [2.24, 2.45) is 0 Å². The second-order valence-electron chi connectivity index (χ2n) is 7.15. The second-order valence-corrected chi connectivity index (χ2v) is 7.15. The van der Waals surface area contributed by atoms with Crippen molar-refractivity contribution in [3.8, 4) is 0 Å². The summed E-state index contributed by atoms with van der Waals surface area (Å²) in [5, 5.41) is 4.29. The van der Waals surface area contributed by atoms with Gasteiger partial charge in [-0.05, 0) is 44.9 Å². The first kappa shape index (κ1) is 18.6. The molecule has 2 atom stereocenters. The molecule has 1 aromatic heterocycles. The van der Waals surface area contributed by atoms with Gasteiger partial charge in [0.05, 0.1) is 5.52 Å². The Morgan fingerprint density at radius 1 is 1.35 bits per heavy atom. The molecule has 1 saturated heterocycles. The monoisotopic (exact) mass is 367 g/mol. The van der Waals surface area contributed by atoms with Crippen molar-refractivity contribution in [1.82, 2.24) is 9.47 Å². The average Bonchev–Trinajstić information content (AvgIpc) is 2.83. The second kappa shape index (κ2) is 6.85. The maximum Gasteiger partial charge on any atom is 0.406 e.